The van der Waals surface area contributed by atoms with Gasteiger partial charge in [-0.1, -0.05) is 18.2 Å². The third-order valence-electron chi connectivity index (χ3n) is 4.44. The van der Waals surface area contributed by atoms with Crippen molar-refractivity contribution in [2.24, 2.45) is 0 Å². The first-order chi connectivity index (χ1) is 12.2. The Morgan fingerprint density at radius 1 is 1.24 bits per heavy atom. The second-order valence-electron chi connectivity index (χ2n) is 5.95. The van der Waals surface area contributed by atoms with Gasteiger partial charge in [0.1, 0.15) is 6.04 Å². The van der Waals surface area contributed by atoms with E-state index in [1.54, 1.807) is 22.8 Å². The average Bonchev–Trinajstić information content (AvgIpc) is 3.12. The molecule has 0 bridgehead atoms. The number of carbonyl (C=O) groups is 2. The lowest BCUT2D eigenvalue weighted by molar-refractivity contribution is -0.126. The molecular formula is C18H22N4O3. The Balaban J connectivity index is 1.93. The number of aromatic nitrogens is 2. The van der Waals surface area contributed by atoms with Gasteiger partial charge in [-0.15, -0.1) is 0 Å². The molecule has 0 saturated carbocycles. The summed E-state index contributed by atoms with van der Waals surface area (Å²) in [5.74, 6) is -0.0237. The maximum absolute atomic E-state index is 13.0. The predicted molar refractivity (Wildman–Crippen MR) is 92.9 cm³/mol. The second-order valence-corrected chi connectivity index (χ2v) is 5.95. The fourth-order valence-corrected chi connectivity index (χ4v) is 3.12. The molecule has 1 aliphatic heterocycles. The van der Waals surface area contributed by atoms with Gasteiger partial charge in [-0.25, -0.2) is 4.68 Å². The van der Waals surface area contributed by atoms with E-state index in [2.05, 4.69) is 10.4 Å². The van der Waals surface area contributed by atoms with Gasteiger partial charge in [0.05, 0.1) is 19.0 Å². The van der Waals surface area contributed by atoms with Crippen molar-refractivity contribution < 1.29 is 14.3 Å². The van der Waals surface area contributed by atoms with E-state index in [0.29, 0.717) is 18.7 Å². The zero-order valence-electron chi connectivity index (χ0n) is 14.4. The number of nitrogens with zero attached hydrogens (tertiary/aromatic N) is 3. The molecule has 1 aromatic carbocycles. The van der Waals surface area contributed by atoms with Crippen LogP contribution in [0.25, 0.3) is 5.69 Å². The largest absolute Gasteiger partial charge is 0.493 e. The predicted octanol–water partition coefficient (Wildman–Crippen LogP) is 1.62. The highest BCUT2D eigenvalue weighted by molar-refractivity contribution is 5.98. The SMILES string of the molecule is CNC(=O)C1CCCCN1C(=O)c1nn(-c2ccccc2)cc1OC. The number of piperidine rings is 1. The summed E-state index contributed by atoms with van der Waals surface area (Å²) >= 11 is 0. The molecule has 1 fully saturated rings. The van der Waals surface area contributed by atoms with E-state index in [1.807, 2.05) is 30.3 Å². The summed E-state index contributed by atoms with van der Waals surface area (Å²) in [7, 11) is 3.10. The fourth-order valence-electron chi connectivity index (χ4n) is 3.12. The van der Waals surface area contributed by atoms with E-state index in [0.717, 1.165) is 18.5 Å². The molecule has 2 heterocycles. The molecule has 2 aromatic rings. The number of benzene rings is 1. The lowest BCUT2D eigenvalue weighted by Gasteiger charge is -2.34. The third-order valence-corrected chi connectivity index (χ3v) is 4.44. The molecule has 0 aliphatic carbocycles. The molecule has 132 valence electrons. The zero-order chi connectivity index (χ0) is 17.8. The van der Waals surface area contributed by atoms with Crippen molar-refractivity contribution in [3.8, 4) is 11.4 Å². The number of hydrogen-bond donors (Lipinski definition) is 1. The van der Waals surface area contributed by atoms with Gasteiger partial charge in [-0.2, -0.15) is 5.10 Å². The van der Waals surface area contributed by atoms with Gasteiger partial charge in [0, 0.05) is 13.6 Å². The van der Waals surface area contributed by atoms with Gasteiger partial charge in [-0.3, -0.25) is 9.59 Å². The Morgan fingerprint density at radius 2 is 2.00 bits per heavy atom. The third kappa shape index (κ3) is 3.35. The topological polar surface area (TPSA) is 76.5 Å². The first-order valence-electron chi connectivity index (χ1n) is 8.37. The van der Waals surface area contributed by atoms with E-state index < -0.39 is 6.04 Å². The van der Waals surface area contributed by atoms with Crippen LogP contribution in [0.5, 0.6) is 5.75 Å². The molecule has 1 aliphatic rings. The molecule has 2 amide bonds. The molecule has 25 heavy (non-hydrogen) atoms. The van der Waals surface area contributed by atoms with Gasteiger partial charge in [0.25, 0.3) is 5.91 Å². The van der Waals surface area contributed by atoms with Crippen molar-refractivity contribution >= 4 is 11.8 Å². The number of carbonyl (C=O) groups excluding carboxylic acids is 2. The number of nitrogens with one attached hydrogen (secondary N) is 1. The number of rotatable bonds is 4. The molecule has 0 radical (unpaired) electrons. The minimum Gasteiger partial charge on any atom is -0.493 e. The fraction of sp³-hybridized carbons (Fsp3) is 0.389. The molecule has 1 N–H and O–H groups in total. The highest BCUT2D eigenvalue weighted by atomic mass is 16.5. The summed E-state index contributed by atoms with van der Waals surface area (Å²) in [4.78, 5) is 26.8. The first kappa shape index (κ1) is 17.0. The monoisotopic (exact) mass is 342 g/mol. The minimum atomic E-state index is -0.460. The van der Waals surface area contributed by atoms with Gasteiger partial charge < -0.3 is 15.0 Å². The van der Waals surface area contributed by atoms with Crippen LogP contribution < -0.4 is 10.1 Å². The number of amides is 2. The maximum atomic E-state index is 13.0. The number of hydrogen-bond acceptors (Lipinski definition) is 4. The van der Waals surface area contributed by atoms with Crippen molar-refractivity contribution in [3.63, 3.8) is 0 Å². The minimum absolute atomic E-state index is 0.144. The van der Waals surface area contributed by atoms with Crippen LogP contribution in [0.15, 0.2) is 36.5 Å². The lowest BCUT2D eigenvalue weighted by Crippen LogP contribution is -2.51. The number of para-hydroxylation sites is 1. The smallest absolute Gasteiger partial charge is 0.278 e. The molecule has 1 atom stereocenters. The molecule has 0 spiro atoms. The van der Waals surface area contributed by atoms with E-state index in [4.69, 9.17) is 4.74 Å². The van der Waals surface area contributed by atoms with E-state index in [1.165, 1.54) is 7.11 Å². The second kappa shape index (κ2) is 7.38. The summed E-state index contributed by atoms with van der Waals surface area (Å²) in [5, 5.41) is 7.06. The van der Waals surface area contributed by atoms with Gasteiger partial charge in [0.15, 0.2) is 11.4 Å². The van der Waals surface area contributed by atoms with Crippen LogP contribution >= 0.6 is 0 Å². The van der Waals surface area contributed by atoms with Gasteiger partial charge in [-0.05, 0) is 31.4 Å². The van der Waals surface area contributed by atoms with Crippen molar-refractivity contribution in [1.29, 1.82) is 0 Å². The number of ether oxygens (including phenoxy) is 1. The zero-order valence-corrected chi connectivity index (χ0v) is 14.4. The standard InChI is InChI=1S/C18H22N4O3/c1-19-17(23)14-10-6-7-11-21(14)18(24)16-15(25-2)12-22(20-16)13-8-4-3-5-9-13/h3-5,8-9,12,14H,6-7,10-11H2,1-2H3,(H,19,23). The Bertz CT molecular complexity index is 757. The molecule has 1 unspecified atom stereocenters. The Labute approximate surface area is 146 Å². The molecule has 1 saturated heterocycles. The quantitative estimate of drug-likeness (QED) is 0.916. The highest BCUT2D eigenvalue weighted by Crippen LogP contribution is 2.25. The summed E-state index contributed by atoms with van der Waals surface area (Å²) in [6.07, 6.45) is 4.15. The van der Waals surface area contributed by atoms with Crippen LogP contribution in [0.3, 0.4) is 0 Å². The van der Waals surface area contributed by atoms with E-state index in [9.17, 15) is 9.59 Å². The molecule has 1 aromatic heterocycles. The summed E-state index contributed by atoms with van der Waals surface area (Å²) in [5.41, 5.74) is 1.06. The van der Waals surface area contributed by atoms with Gasteiger partial charge >= 0.3 is 0 Å². The van der Waals surface area contributed by atoms with Crippen molar-refractivity contribution in [3.05, 3.63) is 42.2 Å². The van der Waals surface area contributed by atoms with Crippen LogP contribution in [0, 0.1) is 0 Å². The van der Waals surface area contributed by atoms with Crippen molar-refractivity contribution in [2.75, 3.05) is 20.7 Å². The van der Waals surface area contributed by atoms with Crippen LogP contribution in [0.2, 0.25) is 0 Å². The van der Waals surface area contributed by atoms with E-state index in [-0.39, 0.29) is 17.5 Å². The van der Waals surface area contributed by atoms with Crippen LogP contribution in [-0.4, -0.2) is 53.2 Å². The van der Waals surface area contributed by atoms with Crippen molar-refractivity contribution in [1.82, 2.24) is 20.0 Å². The molecule has 7 nitrogen and oxygen atoms in total. The van der Waals surface area contributed by atoms with Crippen molar-refractivity contribution in [2.45, 2.75) is 25.3 Å². The van der Waals surface area contributed by atoms with Crippen LogP contribution in [-0.2, 0) is 4.79 Å². The molecule has 3 rings (SSSR count). The van der Waals surface area contributed by atoms with Crippen LogP contribution in [0.4, 0.5) is 0 Å². The summed E-state index contributed by atoms with van der Waals surface area (Å²) in [6.45, 7) is 0.540. The normalized spacial score (nSPS) is 17.2. The number of methoxy groups -OCH3 is 1. The summed E-state index contributed by atoms with van der Waals surface area (Å²) in [6, 6.07) is 9.05. The first-order valence-corrected chi connectivity index (χ1v) is 8.37. The Kier molecular flexibility index (Phi) is 5.02. The number of likely N-dealkylation sites (tertiary alicyclic amines) is 1. The maximum Gasteiger partial charge on any atom is 0.278 e. The lowest BCUT2D eigenvalue weighted by atomic mass is 10.0. The Hall–Kier alpha value is -2.83. The van der Waals surface area contributed by atoms with Gasteiger partial charge in [0.2, 0.25) is 5.91 Å². The van der Waals surface area contributed by atoms with E-state index >= 15 is 0 Å². The average molecular weight is 342 g/mol. The van der Waals surface area contributed by atoms with Crippen LogP contribution in [0.1, 0.15) is 29.8 Å². The molecule has 7 heteroatoms. The summed E-state index contributed by atoms with van der Waals surface area (Å²) < 4.78 is 6.97. The number of likely N-dealkylation sites (N-methyl/N-ethyl adjacent to an activating group) is 1. The molecular weight excluding hydrogens is 320 g/mol. The Morgan fingerprint density at radius 3 is 2.68 bits per heavy atom. The highest BCUT2D eigenvalue weighted by Gasteiger charge is 2.34.